The molecule has 20 nitrogen and oxygen atoms in total. The van der Waals surface area contributed by atoms with Gasteiger partial charge in [0.2, 0.25) is 17.7 Å². The highest BCUT2D eigenvalue weighted by molar-refractivity contribution is 5.87. The predicted octanol–water partition coefficient (Wildman–Crippen LogP) is 0.932. The molecule has 1 aromatic carbocycles. The Morgan fingerprint density at radius 3 is 1.88 bits per heavy atom. The number of hydrogen-bond donors (Lipinski definition) is 6. The van der Waals surface area contributed by atoms with Crippen molar-refractivity contribution in [3.63, 3.8) is 0 Å². The third-order valence-corrected chi connectivity index (χ3v) is 8.38. The fourth-order valence-corrected chi connectivity index (χ4v) is 5.27. The van der Waals surface area contributed by atoms with Crippen LogP contribution in [-0.4, -0.2) is 147 Å². The number of hydrogen-bond acceptors (Lipinski definition) is 14. The Morgan fingerprint density at radius 1 is 0.690 bits per heavy atom. The number of carbonyl (C=O) groups excluding carboxylic acids is 5. The van der Waals surface area contributed by atoms with Crippen LogP contribution in [0.2, 0.25) is 0 Å². The molecule has 0 bridgehead atoms. The van der Waals surface area contributed by atoms with E-state index in [1.54, 1.807) is 12.1 Å². The summed E-state index contributed by atoms with van der Waals surface area (Å²) in [4.78, 5) is 86.7. The van der Waals surface area contributed by atoms with Crippen LogP contribution in [0.5, 0.6) is 5.75 Å². The van der Waals surface area contributed by atoms with Crippen molar-refractivity contribution in [1.82, 2.24) is 21.0 Å². The molecule has 6 N–H and O–H groups in total. The van der Waals surface area contributed by atoms with E-state index in [4.69, 9.17) is 33.6 Å². The maximum absolute atomic E-state index is 12.3. The van der Waals surface area contributed by atoms with E-state index in [1.807, 2.05) is 0 Å². The number of aromatic carboxylic acids is 1. The molecule has 326 valence electrons. The molecule has 4 amide bonds. The van der Waals surface area contributed by atoms with E-state index in [1.165, 1.54) is 12.1 Å². The summed E-state index contributed by atoms with van der Waals surface area (Å²) >= 11 is 0. The number of unbranched alkanes of at least 4 members (excludes halogenated alkanes) is 6. The molecule has 2 atom stereocenters. The van der Waals surface area contributed by atoms with Crippen LogP contribution in [0.3, 0.4) is 0 Å². The fourth-order valence-electron chi connectivity index (χ4n) is 5.27. The number of aliphatic hydroxyl groups is 1. The second-order valence-electron chi connectivity index (χ2n) is 13.1. The van der Waals surface area contributed by atoms with Crippen molar-refractivity contribution in [2.24, 2.45) is 0 Å². The molecule has 0 spiro atoms. The SMILES string of the molecule is O=C(CC[C@H](NC(=O)CCCCCCCCCOc1ccc(C(=O)O)cc1)C(=O)O)NCCOCCOCC(=O)NCCOCCOCC(=O)ON1C(=O)CCC1O. The van der Waals surface area contributed by atoms with Gasteiger partial charge in [-0.2, -0.15) is 0 Å². The van der Waals surface area contributed by atoms with Crippen LogP contribution in [0.1, 0.15) is 87.4 Å². The van der Waals surface area contributed by atoms with Crippen molar-refractivity contribution in [1.29, 1.82) is 0 Å². The Bertz CT molecular complexity index is 1410. The molecule has 0 radical (unpaired) electrons. The lowest BCUT2D eigenvalue weighted by Crippen LogP contribution is -2.41. The quantitative estimate of drug-likeness (QED) is 0.0528. The largest absolute Gasteiger partial charge is 0.494 e. The molecule has 0 aliphatic carbocycles. The summed E-state index contributed by atoms with van der Waals surface area (Å²) in [5.74, 6) is -3.99. The normalized spacial score (nSPS) is 14.1. The third-order valence-electron chi connectivity index (χ3n) is 8.38. The van der Waals surface area contributed by atoms with Gasteiger partial charge in [0, 0.05) is 38.8 Å². The number of amides is 4. The molecule has 1 aliphatic rings. The molecule has 1 aliphatic heterocycles. The van der Waals surface area contributed by atoms with Crippen LogP contribution in [0.25, 0.3) is 0 Å². The van der Waals surface area contributed by atoms with E-state index in [2.05, 4.69) is 16.0 Å². The number of aliphatic hydroxyl groups excluding tert-OH is 1. The fraction of sp³-hybridized carbons (Fsp3) is 0.658. The van der Waals surface area contributed by atoms with Crippen molar-refractivity contribution in [2.45, 2.75) is 89.3 Å². The summed E-state index contributed by atoms with van der Waals surface area (Å²) in [6.45, 7) is 1.20. The van der Waals surface area contributed by atoms with Gasteiger partial charge in [-0.3, -0.25) is 19.2 Å². The van der Waals surface area contributed by atoms with Gasteiger partial charge in [-0.05, 0) is 43.5 Å². The number of benzene rings is 1. The topological polar surface area (TPSA) is 275 Å². The van der Waals surface area contributed by atoms with Crippen molar-refractivity contribution >= 4 is 41.5 Å². The van der Waals surface area contributed by atoms with Gasteiger partial charge in [-0.1, -0.05) is 32.1 Å². The minimum Gasteiger partial charge on any atom is -0.494 e. The molecule has 0 aromatic heterocycles. The van der Waals surface area contributed by atoms with Gasteiger partial charge >= 0.3 is 17.9 Å². The molecule has 58 heavy (non-hydrogen) atoms. The number of rotatable bonds is 34. The minimum atomic E-state index is -1.21. The molecule has 0 saturated carbocycles. The van der Waals surface area contributed by atoms with Gasteiger partial charge in [0.1, 0.15) is 25.0 Å². The highest BCUT2D eigenvalue weighted by atomic mass is 16.7. The van der Waals surface area contributed by atoms with Crippen molar-refractivity contribution < 1.29 is 77.4 Å². The number of carbonyl (C=O) groups is 7. The van der Waals surface area contributed by atoms with Crippen LogP contribution < -0.4 is 20.7 Å². The average Bonchev–Trinajstić information content (AvgIpc) is 3.51. The molecule has 1 fully saturated rings. The summed E-state index contributed by atoms with van der Waals surface area (Å²) in [6.07, 6.45) is 5.47. The maximum atomic E-state index is 12.3. The van der Waals surface area contributed by atoms with Gasteiger partial charge in [-0.15, -0.1) is 5.06 Å². The van der Waals surface area contributed by atoms with Gasteiger partial charge in [0.05, 0.1) is 51.8 Å². The maximum Gasteiger partial charge on any atom is 0.358 e. The van der Waals surface area contributed by atoms with Gasteiger partial charge in [-0.25, -0.2) is 14.4 Å². The highest BCUT2D eigenvalue weighted by Gasteiger charge is 2.33. The Kier molecular flexibility index (Phi) is 25.7. The lowest BCUT2D eigenvalue weighted by Gasteiger charge is -2.18. The summed E-state index contributed by atoms with van der Waals surface area (Å²) in [5.41, 5.74) is 0.211. The zero-order valence-electron chi connectivity index (χ0n) is 32.8. The molecule has 1 unspecified atom stereocenters. The number of carboxylic acid groups (broad SMARTS) is 2. The van der Waals surface area contributed by atoms with Crippen LogP contribution >= 0.6 is 0 Å². The number of carboxylic acids is 2. The highest BCUT2D eigenvalue weighted by Crippen LogP contribution is 2.17. The van der Waals surface area contributed by atoms with E-state index in [0.29, 0.717) is 23.8 Å². The second kappa shape index (κ2) is 30.2. The van der Waals surface area contributed by atoms with E-state index in [-0.39, 0.29) is 115 Å². The first-order chi connectivity index (χ1) is 28.0. The van der Waals surface area contributed by atoms with Crippen molar-refractivity contribution in [3.8, 4) is 5.75 Å². The number of hydroxylamine groups is 2. The molecule has 1 aromatic rings. The predicted molar refractivity (Wildman–Crippen MR) is 202 cm³/mol. The first-order valence-corrected chi connectivity index (χ1v) is 19.5. The number of nitrogens with zero attached hydrogens (tertiary/aromatic N) is 1. The Balaban J connectivity index is 1.35. The lowest BCUT2D eigenvalue weighted by atomic mass is 10.1. The number of ether oxygens (including phenoxy) is 5. The number of nitrogens with one attached hydrogen (secondary N) is 3. The first kappa shape index (κ1) is 49.3. The summed E-state index contributed by atoms with van der Waals surface area (Å²) < 4.78 is 26.6. The molecule has 20 heteroatoms. The molecule has 1 saturated heterocycles. The van der Waals surface area contributed by atoms with E-state index in [9.17, 15) is 43.8 Å². The van der Waals surface area contributed by atoms with Gasteiger partial charge in [0.25, 0.3) is 5.91 Å². The van der Waals surface area contributed by atoms with Crippen LogP contribution in [-0.2, 0) is 52.6 Å². The van der Waals surface area contributed by atoms with E-state index in [0.717, 1.165) is 38.5 Å². The standard InChI is InChI=1S/C38H58N4O16/c43-31(14-13-30(38(51)52)41-32(44)8-6-4-2-1-3-5-7-19-57-29-11-9-28(10-12-29)37(49)50)39-17-20-53-22-24-55-26-33(45)40-18-21-54-23-25-56-27-36(48)58-42-34(46)15-16-35(42)47/h9-12,30,34,46H,1-8,13-27H2,(H,39,43)(H,40,45)(H,41,44)(H,49,50)(H,51,52)/t30-,34?/m0/s1. The zero-order valence-corrected chi connectivity index (χ0v) is 32.8. The van der Waals surface area contributed by atoms with Crippen molar-refractivity contribution in [2.75, 3.05) is 72.6 Å². The number of aliphatic carboxylic acids is 1. The van der Waals surface area contributed by atoms with Crippen LogP contribution in [0, 0.1) is 0 Å². The monoisotopic (exact) mass is 826 g/mol. The first-order valence-electron chi connectivity index (χ1n) is 19.5. The Hall–Kier alpha value is -4.89. The smallest absolute Gasteiger partial charge is 0.358 e. The minimum absolute atomic E-state index is 0.0590. The molecule has 2 rings (SSSR count). The van der Waals surface area contributed by atoms with Gasteiger partial charge in [0.15, 0.2) is 6.23 Å². The Morgan fingerprint density at radius 2 is 1.28 bits per heavy atom. The molecular weight excluding hydrogens is 768 g/mol. The van der Waals surface area contributed by atoms with Gasteiger partial charge < -0.3 is 59.8 Å². The molecule has 1 heterocycles. The van der Waals surface area contributed by atoms with E-state index < -0.39 is 42.7 Å². The van der Waals surface area contributed by atoms with E-state index >= 15 is 0 Å². The van der Waals surface area contributed by atoms with Crippen LogP contribution in [0.15, 0.2) is 24.3 Å². The summed E-state index contributed by atoms with van der Waals surface area (Å²) in [6, 6.07) is 5.10. The molecular formula is C38H58N4O16. The zero-order chi connectivity index (χ0) is 42.4. The summed E-state index contributed by atoms with van der Waals surface area (Å²) in [7, 11) is 0. The lowest BCUT2D eigenvalue weighted by molar-refractivity contribution is -0.223. The second-order valence-corrected chi connectivity index (χ2v) is 13.1. The average molecular weight is 827 g/mol. The van der Waals surface area contributed by atoms with Crippen molar-refractivity contribution in [3.05, 3.63) is 29.8 Å². The van der Waals surface area contributed by atoms with Crippen LogP contribution in [0.4, 0.5) is 0 Å². The Labute approximate surface area is 337 Å². The summed E-state index contributed by atoms with van der Waals surface area (Å²) in [5, 5.41) is 36.3. The third kappa shape index (κ3) is 23.4.